The van der Waals surface area contributed by atoms with Crippen LogP contribution in [-0.2, 0) is 19.5 Å². The van der Waals surface area contributed by atoms with Crippen LogP contribution in [0.1, 0.15) is 4.88 Å². The molecule has 11 heteroatoms. The number of rotatable bonds is 2. The fourth-order valence-corrected chi connectivity index (χ4v) is 4.48. The number of alkyl halides is 3. The molecule has 3 heterocycles. The average Bonchev–Trinajstić information content (AvgIpc) is 3.07. The molecular formula is C13H11F3N2O4S2. The molecule has 130 valence electrons. The summed E-state index contributed by atoms with van der Waals surface area (Å²) in [7, 11) is -3.02. The van der Waals surface area contributed by atoms with E-state index in [1.807, 2.05) is 4.90 Å². The van der Waals surface area contributed by atoms with Crippen LogP contribution in [0.25, 0.3) is 6.08 Å². The quantitative estimate of drug-likeness (QED) is 0.578. The zero-order valence-electron chi connectivity index (χ0n) is 12.0. The summed E-state index contributed by atoms with van der Waals surface area (Å²) in [5.74, 6) is -1.07. The van der Waals surface area contributed by atoms with Crippen LogP contribution < -0.4 is 4.90 Å². The van der Waals surface area contributed by atoms with Crippen LogP contribution in [0.15, 0.2) is 22.9 Å². The molecule has 0 unspecified atom stereocenters. The van der Waals surface area contributed by atoms with Gasteiger partial charge >= 0.3 is 12.1 Å². The Morgan fingerprint density at radius 1 is 1.25 bits per heavy atom. The molecule has 2 aliphatic rings. The van der Waals surface area contributed by atoms with E-state index in [1.54, 1.807) is 12.1 Å². The first-order chi connectivity index (χ1) is 11.2. The molecule has 0 saturated carbocycles. The third-order valence-corrected chi connectivity index (χ3v) is 6.22. The second kappa shape index (κ2) is 5.88. The van der Waals surface area contributed by atoms with Gasteiger partial charge in [-0.1, -0.05) is 5.16 Å². The van der Waals surface area contributed by atoms with Crippen molar-refractivity contribution in [3.8, 4) is 0 Å². The molecule has 0 amide bonds. The molecule has 1 aromatic heterocycles. The number of anilines is 1. The molecule has 0 N–H and O–H groups in total. The van der Waals surface area contributed by atoms with Crippen LogP contribution in [-0.4, -0.2) is 50.9 Å². The number of carbonyl (C=O) groups is 1. The van der Waals surface area contributed by atoms with Gasteiger partial charge in [0.1, 0.15) is 0 Å². The van der Waals surface area contributed by atoms with E-state index < -0.39 is 33.3 Å². The van der Waals surface area contributed by atoms with Crippen LogP contribution in [0.3, 0.4) is 0 Å². The molecule has 6 nitrogen and oxygen atoms in total. The number of nitrogens with zero attached hydrogens (tertiary/aromatic N) is 2. The summed E-state index contributed by atoms with van der Waals surface area (Å²) in [4.78, 5) is 17.8. The Labute approximate surface area is 139 Å². The van der Waals surface area contributed by atoms with E-state index in [4.69, 9.17) is 0 Å². The summed E-state index contributed by atoms with van der Waals surface area (Å²) in [6.07, 6.45) is -3.70. The van der Waals surface area contributed by atoms with E-state index in [9.17, 15) is 26.4 Å². The first kappa shape index (κ1) is 17.0. The number of carbonyl (C=O) groups excluding carboxylic acids is 1. The molecule has 1 saturated heterocycles. The van der Waals surface area contributed by atoms with Gasteiger partial charge in [0, 0.05) is 18.0 Å². The van der Waals surface area contributed by atoms with Crippen molar-refractivity contribution in [1.29, 1.82) is 0 Å². The van der Waals surface area contributed by atoms with Crippen molar-refractivity contribution in [3.63, 3.8) is 0 Å². The van der Waals surface area contributed by atoms with Gasteiger partial charge in [-0.05, 0) is 18.2 Å². The highest BCUT2D eigenvalue weighted by Gasteiger charge is 2.45. The molecule has 0 aromatic carbocycles. The van der Waals surface area contributed by atoms with Crippen molar-refractivity contribution in [2.24, 2.45) is 5.16 Å². The lowest BCUT2D eigenvalue weighted by Crippen LogP contribution is -2.39. The second-order valence-electron chi connectivity index (χ2n) is 5.19. The van der Waals surface area contributed by atoms with E-state index in [2.05, 4.69) is 9.99 Å². The topological polar surface area (TPSA) is 76.0 Å². The summed E-state index contributed by atoms with van der Waals surface area (Å²) >= 11 is 1.17. The minimum absolute atomic E-state index is 0.0402. The maximum Gasteiger partial charge on any atom is 0.437 e. The van der Waals surface area contributed by atoms with E-state index in [0.717, 1.165) is 11.1 Å². The number of hydrogen-bond acceptors (Lipinski definition) is 7. The third-order valence-electron chi connectivity index (χ3n) is 3.52. The van der Waals surface area contributed by atoms with Crippen molar-refractivity contribution in [2.45, 2.75) is 6.18 Å². The summed E-state index contributed by atoms with van der Waals surface area (Å²) in [5.41, 5.74) is -2.00. The summed E-state index contributed by atoms with van der Waals surface area (Å²) < 4.78 is 61.2. The largest absolute Gasteiger partial charge is 0.437 e. The molecular weight excluding hydrogens is 369 g/mol. The molecule has 0 aliphatic carbocycles. The monoisotopic (exact) mass is 380 g/mol. The lowest BCUT2D eigenvalue weighted by Gasteiger charge is -2.27. The van der Waals surface area contributed by atoms with Gasteiger partial charge in [-0.2, -0.15) is 13.2 Å². The van der Waals surface area contributed by atoms with Crippen molar-refractivity contribution in [3.05, 3.63) is 22.6 Å². The zero-order valence-corrected chi connectivity index (χ0v) is 13.7. The summed E-state index contributed by atoms with van der Waals surface area (Å²) in [6, 6.07) is 3.25. The number of sulfone groups is 1. The van der Waals surface area contributed by atoms with Crippen molar-refractivity contribution < 1.29 is 31.2 Å². The smallest absolute Gasteiger partial charge is 0.361 e. The maximum atomic E-state index is 12.8. The first-order valence-corrected chi connectivity index (χ1v) is 9.43. The molecule has 0 atom stereocenters. The van der Waals surface area contributed by atoms with Crippen molar-refractivity contribution in [1.82, 2.24) is 0 Å². The van der Waals surface area contributed by atoms with E-state index in [-0.39, 0.29) is 11.5 Å². The van der Waals surface area contributed by atoms with Crippen LogP contribution in [0, 0.1) is 0 Å². The van der Waals surface area contributed by atoms with Crippen LogP contribution in [0.4, 0.5) is 18.2 Å². The molecule has 0 spiro atoms. The van der Waals surface area contributed by atoms with Crippen LogP contribution in [0.2, 0.25) is 0 Å². The lowest BCUT2D eigenvalue weighted by molar-refractivity contribution is -0.136. The van der Waals surface area contributed by atoms with Gasteiger partial charge in [0.15, 0.2) is 15.5 Å². The lowest BCUT2D eigenvalue weighted by atomic mass is 10.1. The van der Waals surface area contributed by atoms with Gasteiger partial charge in [0.05, 0.1) is 22.1 Å². The summed E-state index contributed by atoms with van der Waals surface area (Å²) in [5, 5.41) is 3.51. The Balaban J connectivity index is 1.81. The minimum atomic E-state index is -4.78. The minimum Gasteiger partial charge on any atom is -0.361 e. The fraction of sp³-hybridized carbons (Fsp3) is 0.385. The third kappa shape index (κ3) is 3.46. The van der Waals surface area contributed by atoms with Crippen LogP contribution >= 0.6 is 11.3 Å². The Hall–Kier alpha value is -1.88. The van der Waals surface area contributed by atoms with Crippen molar-refractivity contribution in [2.75, 3.05) is 29.5 Å². The molecule has 24 heavy (non-hydrogen) atoms. The molecule has 2 aliphatic heterocycles. The average molecular weight is 380 g/mol. The molecule has 0 bridgehead atoms. The van der Waals surface area contributed by atoms with Gasteiger partial charge in [0.25, 0.3) is 0 Å². The molecule has 3 rings (SSSR count). The predicted octanol–water partition coefficient (Wildman–Crippen LogP) is 1.84. The van der Waals surface area contributed by atoms with E-state index in [1.165, 1.54) is 11.3 Å². The highest BCUT2D eigenvalue weighted by Crippen LogP contribution is 2.32. The summed E-state index contributed by atoms with van der Waals surface area (Å²) in [6.45, 7) is 0.659. The van der Waals surface area contributed by atoms with E-state index >= 15 is 0 Å². The SMILES string of the molecule is O=C1ON=C(C(F)(F)F)C1=Cc1ccc(N2CCS(=O)(=O)CC2)s1. The van der Waals surface area contributed by atoms with Gasteiger partial charge in [-0.15, -0.1) is 11.3 Å². The van der Waals surface area contributed by atoms with Gasteiger partial charge in [0.2, 0.25) is 0 Å². The molecule has 1 aromatic rings. The van der Waals surface area contributed by atoms with E-state index in [0.29, 0.717) is 18.0 Å². The van der Waals surface area contributed by atoms with Crippen LogP contribution in [0.5, 0.6) is 0 Å². The number of oxime groups is 1. The highest BCUT2D eigenvalue weighted by atomic mass is 32.2. The predicted molar refractivity (Wildman–Crippen MR) is 82.7 cm³/mol. The first-order valence-electron chi connectivity index (χ1n) is 6.79. The standard InChI is InChI=1S/C13H11F3N2O4S2/c14-13(15,16)11-9(12(19)22-17-11)7-8-1-2-10(23-8)18-3-5-24(20,21)6-4-18/h1-2,7H,3-6H2. The fourth-order valence-electron chi connectivity index (χ4n) is 2.28. The Morgan fingerprint density at radius 2 is 1.92 bits per heavy atom. The number of thiophene rings is 1. The zero-order chi connectivity index (χ0) is 17.5. The normalized spacial score (nSPS) is 22.6. The van der Waals surface area contributed by atoms with Gasteiger partial charge < -0.3 is 9.74 Å². The Kier molecular flexibility index (Phi) is 4.16. The number of hydrogen-bond donors (Lipinski definition) is 0. The molecule has 0 radical (unpaired) electrons. The molecule has 1 fully saturated rings. The maximum absolute atomic E-state index is 12.8. The Morgan fingerprint density at radius 3 is 2.54 bits per heavy atom. The highest BCUT2D eigenvalue weighted by molar-refractivity contribution is 7.91. The number of halogens is 3. The second-order valence-corrected chi connectivity index (χ2v) is 8.59. The van der Waals surface area contributed by atoms with Crippen molar-refractivity contribution >= 4 is 43.9 Å². The van der Waals surface area contributed by atoms with Gasteiger partial charge in [-0.25, -0.2) is 13.2 Å². The van der Waals surface area contributed by atoms with Gasteiger partial charge in [-0.3, -0.25) is 0 Å². The Bertz CT molecular complexity index is 826.